The van der Waals surface area contributed by atoms with Crippen LogP contribution in [0.15, 0.2) is 71.6 Å². The molecule has 0 unspecified atom stereocenters. The summed E-state index contributed by atoms with van der Waals surface area (Å²) in [6.07, 6.45) is 1.67. The Balaban J connectivity index is 1.35. The number of carbonyl (C=O) groups is 2. The lowest BCUT2D eigenvalue weighted by molar-refractivity contribution is -0.123. The van der Waals surface area contributed by atoms with Gasteiger partial charge in [0.25, 0.3) is 11.1 Å². The van der Waals surface area contributed by atoms with Crippen molar-refractivity contribution in [3.63, 3.8) is 0 Å². The molecule has 0 aliphatic carbocycles. The van der Waals surface area contributed by atoms with Crippen LogP contribution in [0.3, 0.4) is 0 Å². The van der Waals surface area contributed by atoms with E-state index < -0.39 is 0 Å². The Kier molecular flexibility index (Phi) is 8.18. The summed E-state index contributed by atoms with van der Waals surface area (Å²) in [7, 11) is 0. The van der Waals surface area contributed by atoms with Gasteiger partial charge in [-0.15, -0.1) is 0 Å². The molecule has 0 bridgehead atoms. The molecule has 1 heterocycles. The fourth-order valence-corrected chi connectivity index (χ4v) is 4.67. The van der Waals surface area contributed by atoms with Crippen LogP contribution < -0.4 is 9.47 Å². The van der Waals surface area contributed by atoms with Crippen molar-refractivity contribution in [1.82, 2.24) is 4.90 Å². The maximum Gasteiger partial charge on any atom is 0.293 e. The lowest BCUT2D eigenvalue weighted by Crippen LogP contribution is -2.32. The number of rotatable bonds is 8. The van der Waals surface area contributed by atoms with Crippen LogP contribution in [-0.4, -0.2) is 29.2 Å². The standard InChI is InChI=1S/C26H21ClINO4S/c1-17-2-9-21(10-3-17)32-13-12-29-25(30)24(34-26(29)31)15-19-6-11-23(22(27)14-19)33-16-18-4-7-20(28)8-5-18/h2-11,14-15H,12-13,16H2,1H3/b24-15-. The summed E-state index contributed by atoms with van der Waals surface area (Å²) in [5.41, 5.74) is 2.89. The summed E-state index contributed by atoms with van der Waals surface area (Å²) in [5, 5.41) is 0.123. The van der Waals surface area contributed by atoms with Crippen LogP contribution in [0.2, 0.25) is 5.02 Å². The number of amides is 2. The Labute approximate surface area is 221 Å². The maximum absolute atomic E-state index is 12.7. The number of ether oxygens (including phenoxy) is 2. The van der Waals surface area contributed by atoms with E-state index in [0.717, 1.165) is 26.5 Å². The van der Waals surface area contributed by atoms with E-state index in [0.29, 0.717) is 33.6 Å². The number of benzene rings is 3. The van der Waals surface area contributed by atoms with Crippen molar-refractivity contribution in [2.24, 2.45) is 0 Å². The van der Waals surface area contributed by atoms with Gasteiger partial charge in [0.05, 0.1) is 16.5 Å². The molecule has 4 rings (SSSR count). The van der Waals surface area contributed by atoms with E-state index in [1.54, 1.807) is 18.2 Å². The molecule has 174 valence electrons. The molecule has 3 aromatic carbocycles. The highest BCUT2D eigenvalue weighted by molar-refractivity contribution is 14.1. The van der Waals surface area contributed by atoms with Crippen LogP contribution in [0.5, 0.6) is 11.5 Å². The largest absolute Gasteiger partial charge is 0.492 e. The average molecular weight is 606 g/mol. The van der Waals surface area contributed by atoms with E-state index in [1.807, 2.05) is 61.5 Å². The molecule has 1 fully saturated rings. The predicted molar refractivity (Wildman–Crippen MR) is 144 cm³/mol. The van der Waals surface area contributed by atoms with E-state index in [4.69, 9.17) is 21.1 Å². The molecule has 0 N–H and O–H groups in total. The van der Waals surface area contributed by atoms with Gasteiger partial charge in [-0.05, 0) is 94.9 Å². The number of aryl methyl sites for hydroxylation is 1. The molecule has 34 heavy (non-hydrogen) atoms. The zero-order valence-corrected chi connectivity index (χ0v) is 22.0. The Morgan fingerprint density at radius 1 is 1.00 bits per heavy atom. The second kappa shape index (κ2) is 11.3. The van der Waals surface area contributed by atoms with Gasteiger partial charge in [-0.1, -0.05) is 47.5 Å². The Morgan fingerprint density at radius 2 is 1.74 bits per heavy atom. The number of carbonyl (C=O) groups excluding carboxylic acids is 2. The molecule has 3 aromatic rings. The van der Waals surface area contributed by atoms with Crippen molar-refractivity contribution in [2.45, 2.75) is 13.5 Å². The monoisotopic (exact) mass is 605 g/mol. The lowest BCUT2D eigenvalue weighted by Gasteiger charge is -2.13. The van der Waals surface area contributed by atoms with Crippen LogP contribution in [0.4, 0.5) is 4.79 Å². The lowest BCUT2D eigenvalue weighted by atomic mass is 10.2. The minimum atomic E-state index is -0.335. The summed E-state index contributed by atoms with van der Waals surface area (Å²) >= 11 is 9.56. The van der Waals surface area contributed by atoms with Crippen LogP contribution in [0.1, 0.15) is 16.7 Å². The molecule has 0 atom stereocenters. The van der Waals surface area contributed by atoms with Gasteiger partial charge in [-0.2, -0.15) is 0 Å². The van der Waals surface area contributed by atoms with Crippen LogP contribution in [-0.2, 0) is 11.4 Å². The number of imide groups is 1. The van der Waals surface area contributed by atoms with Crippen LogP contribution >= 0.6 is 46.0 Å². The second-order valence-corrected chi connectivity index (χ2v) is 10.2. The van der Waals surface area contributed by atoms with Crippen molar-refractivity contribution < 1.29 is 19.1 Å². The summed E-state index contributed by atoms with van der Waals surface area (Å²) in [6, 6.07) is 21.0. The molecule has 5 nitrogen and oxygen atoms in total. The van der Waals surface area contributed by atoms with E-state index in [1.165, 1.54) is 4.90 Å². The predicted octanol–water partition coefficient (Wildman–Crippen LogP) is 6.95. The third-order valence-corrected chi connectivity index (χ3v) is 6.96. The molecular weight excluding hydrogens is 585 g/mol. The first-order chi connectivity index (χ1) is 16.4. The molecule has 0 aromatic heterocycles. The zero-order chi connectivity index (χ0) is 24.1. The van der Waals surface area contributed by atoms with Gasteiger partial charge in [0.2, 0.25) is 0 Å². The van der Waals surface area contributed by atoms with Crippen LogP contribution in [0, 0.1) is 10.5 Å². The number of halogens is 2. The van der Waals surface area contributed by atoms with Gasteiger partial charge in [-0.25, -0.2) is 0 Å². The highest BCUT2D eigenvalue weighted by Gasteiger charge is 2.34. The Morgan fingerprint density at radius 3 is 2.44 bits per heavy atom. The molecule has 8 heteroatoms. The molecule has 0 radical (unpaired) electrons. The van der Waals surface area contributed by atoms with Crippen molar-refractivity contribution in [3.05, 3.63) is 96.9 Å². The molecule has 0 spiro atoms. The molecule has 1 aliphatic heterocycles. The first-order valence-corrected chi connectivity index (χ1v) is 12.8. The van der Waals surface area contributed by atoms with Gasteiger partial charge in [0.15, 0.2) is 0 Å². The second-order valence-electron chi connectivity index (χ2n) is 7.60. The van der Waals surface area contributed by atoms with Crippen molar-refractivity contribution in [3.8, 4) is 11.5 Å². The topological polar surface area (TPSA) is 55.8 Å². The maximum atomic E-state index is 12.7. The van der Waals surface area contributed by atoms with Crippen molar-refractivity contribution >= 4 is 63.2 Å². The summed E-state index contributed by atoms with van der Waals surface area (Å²) < 4.78 is 12.6. The average Bonchev–Trinajstić information content (AvgIpc) is 3.08. The molecule has 2 amide bonds. The first kappa shape index (κ1) is 24.6. The number of hydrogen-bond acceptors (Lipinski definition) is 5. The van der Waals surface area contributed by atoms with Crippen molar-refractivity contribution in [1.29, 1.82) is 0 Å². The molecule has 1 saturated heterocycles. The normalized spacial score (nSPS) is 14.7. The SMILES string of the molecule is Cc1ccc(OCCN2C(=O)S/C(=C\c3ccc(OCc4ccc(I)cc4)c(Cl)c3)C2=O)cc1. The minimum absolute atomic E-state index is 0.182. The highest BCUT2D eigenvalue weighted by atomic mass is 127. The first-order valence-electron chi connectivity index (χ1n) is 10.5. The van der Waals surface area contributed by atoms with E-state index in [2.05, 4.69) is 22.6 Å². The van der Waals surface area contributed by atoms with Gasteiger partial charge in [0, 0.05) is 3.57 Å². The smallest absolute Gasteiger partial charge is 0.293 e. The number of hydrogen-bond donors (Lipinski definition) is 0. The third-order valence-electron chi connectivity index (χ3n) is 5.04. The van der Waals surface area contributed by atoms with Gasteiger partial charge in [-0.3, -0.25) is 14.5 Å². The Hall–Kier alpha value is -2.49. The summed E-state index contributed by atoms with van der Waals surface area (Å²) in [5.74, 6) is 0.920. The van der Waals surface area contributed by atoms with Gasteiger partial charge >= 0.3 is 0 Å². The zero-order valence-electron chi connectivity index (χ0n) is 18.3. The summed E-state index contributed by atoms with van der Waals surface area (Å²) in [6.45, 7) is 2.81. The summed E-state index contributed by atoms with van der Waals surface area (Å²) in [4.78, 5) is 26.7. The van der Waals surface area contributed by atoms with E-state index in [9.17, 15) is 9.59 Å². The number of nitrogens with zero attached hydrogens (tertiary/aromatic N) is 1. The molecular formula is C26H21ClINO4S. The molecule has 1 aliphatic rings. The van der Waals surface area contributed by atoms with Crippen molar-refractivity contribution in [2.75, 3.05) is 13.2 Å². The van der Waals surface area contributed by atoms with E-state index >= 15 is 0 Å². The fraction of sp³-hybridized carbons (Fsp3) is 0.154. The van der Waals surface area contributed by atoms with E-state index in [-0.39, 0.29) is 24.3 Å². The highest BCUT2D eigenvalue weighted by Crippen LogP contribution is 2.34. The quantitative estimate of drug-likeness (QED) is 0.206. The minimum Gasteiger partial charge on any atom is -0.492 e. The van der Waals surface area contributed by atoms with Gasteiger partial charge < -0.3 is 9.47 Å². The third kappa shape index (κ3) is 6.34. The fourth-order valence-electron chi connectivity index (χ4n) is 3.20. The number of thioether (sulfide) groups is 1. The van der Waals surface area contributed by atoms with Gasteiger partial charge in [0.1, 0.15) is 24.7 Å². The molecule has 0 saturated carbocycles. The Bertz CT molecular complexity index is 1230. The van der Waals surface area contributed by atoms with Crippen LogP contribution in [0.25, 0.3) is 6.08 Å².